The Balaban J connectivity index is 2.19. The van der Waals surface area contributed by atoms with Gasteiger partial charge in [-0.1, -0.05) is 0 Å². The molecule has 1 heterocycles. The lowest BCUT2D eigenvalue weighted by Gasteiger charge is -2.29. The van der Waals surface area contributed by atoms with Gasteiger partial charge in [-0.25, -0.2) is 8.42 Å². The maximum absolute atomic E-state index is 12.7. The number of hydrogen-bond acceptors (Lipinski definition) is 4. The topological polar surface area (TPSA) is 110 Å². The second-order valence-electron chi connectivity index (χ2n) is 5.74. The maximum atomic E-state index is 12.7. The van der Waals surface area contributed by atoms with Crippen LogP contribution < -0.4 is 11.1 Å². The van der Waals surface area contributed by atoms with Crippen LogP contribution in [-0.2, 0) is 19.6 Å². The van der Waals surface area contributed by atoms with Crippen LogP contribution in [0.25, 0.3) is 0 Å². The summed E-state index contributed by atoms with van der Waals surface area (Å²) in [5, 5.41) is 2.65. The van der Waals surface area contributed by atoms with E-state index < -0.39 is 10.0 Å². The predicted molar refractivity (Wildman–Crippen MR) is 86.2 cm³/mol. The zero-order valence-corrected chi connectivity index (χ0v) is 14.0. The highest BCUT2D eigenvalue weighted by molar-refractivity contribution is 7.89. The van der Waals surface area contributed by atoms with E-state index in [-0.39, 0.29) is 35.7 Å². The SMILES string of the molecule is CC(=O)Nc1ccc(S(=O)(=O)N2CCC(C(N)=O)CC2)cc1C. The third-order valence-electron chi connectivity index (χ3n) is 4.00. The van der Waals surface area contributed by atoms with Crippen molar-refractivity contribution in [1.29, 1.82) is 0 Å². The maximum Gasteiger partial charge on any atom is 0.243 e. The number of nitrogens with two attached hydrogens (primary N) is 1. The summed E-state index contributed by atoms with van der Waals surface area (Å²) in [6.07, 6.45) is 0.884. The minimum Gasteiger partial charge on any atom is -0.369 e. The van der Waals surface area contributed by atoms with E-state index in [2.05, 4.69) is 5.32 Å². The Labute approximate surface area is 135 Å². The number of hydrogen-bond donors (Lipinski definition) is 2. The number of anilines is 1. The summed E-state index contributed by atoms with van der Waals surface area (Å²) in [4.78, 5) is 22.5. The summed E-state index contributed by atoms with van der Waals surface area (Å²) in [5.74, 6) is -0.847. The van der Waals surface area contributed by atoms with E-state index >= 15 is 0 Å². The number of nitrogens with one attached hydrogen (secondary N) is 1. The van der Waals surface area contributed by atoms with Gasteiger partial charge in [-0.2, -0.15) is 4.31 Å². The molecular weight excluding hydrogens is 318 g/mol. The molecule has 1 fully saturated rings. The van der Waals surface area contributed by atoms with Gasteiger partial charge in [0.05, 0.1) is 4.90 Å². The van der Waals surface area contributed by atoms with E-state index in [9.17, 15) is 18.0 Å². The van der Waals surface area contributed by atoms with Crippen LogP contribution >= 0.6 is 0 Å². The van der Waals surface area contributed by atoms with Gasteiger partial charge in [0, 0.05) is 31.6 Å². The van der Waals surface area contributed by atoms with Crippen molar-refractivity contribution >= 4 is 27.5 Å². The first-order chi connectivity index (χ1) is 10.7. The van der Waals surface area contributed by atoms with E-state index in [1.165, 1.54) is 17.3 Å². The van der Waals surface area contributed by atoms with Crippen molar-refractivity contribution in [1.82, 2.24) is 4.31 Å². The molecule has 2 rings (SSSR count). The average molecular weight is 339 g/mol. The largest absolute Gasteiger partial charge is 0.369 e. The first kappa shape index (κ1) is 17.4. The van der Waals surface area contributed by atoms with E-state index in [0.717, 1.165) is 0 Å². The van der Waals surface area contributed by atoms with Crippen LogP contribution in [0.2, 0.25) is 0 Å². The molecule has 8 heteroatoms. The van der Waals surface area contributed by atoms with Gasteiger partial charge in [0.15, 0.2) is 0 Å². The van der Waals surface area contributed by atoms with Crippen LogP contribution in [0.4, 0.5) is 5.69 Å². The van der Waals surface area contributed by atoms with Crippen molar-refractivity contribution < 1.29 is 18.0 Å². The molecule has 23 heavy (non-hydrogen) atoms. The van der Waals surface area contributed by atoms with Gasteiger partial charge < -0.3 is 11.1 Å². The Morgan fingerprint density at radius 2 is 1.87 bits per heavy atom. The van der Waals surface area contributed by atoms with Gasteiger partial charge in [0.2, 0.25) is 21.8 Å². The van der Waals surface area contributed by atoms with Crippen LogP contribution in [0.3, 0.4) is 0 Å². The normalized spacial score (nSPS) is 17.0. The Morgan fingerprint density at radius 3 is 2.35 bits per heavy atom. The van der Waals surface area contributed by atoms with E-state index in [1.807, 2.05) is 0 Å². The van der Waals surface area contributed by atoms with Crippen molar-refractivity contribution in [2.45, 2.75) is 31.6 Å². The molecule has 0 saturated carbocycles. The number of aryl methyl sites for hydroxylation is 1. The Morgan fingerprint density at radius 1 is 1.26 bits per heavy atom. The van der Waals surface area contributed by atoms with Crippen LogP contribution in [-0.4, -0.2) is 37.6 Å². The first-order valence-corrected chi connectivity index (χ1v) is 8.83. The third-order valence-corrected chi connectivity index (χ3v) is 5.90. The molecule has 1 saturated heterocycles. The van der Waals surface area contributed by atoms with E-state index in [0.29, 0.717) is 24.1 Å². The molecular formula is C15H21N3O4S. The second-order valence-corrected chi connectivity index (χ2v) is 7.68. The van der Waals surface area contributed by atoms with Crippen LogP contribution in [0.15, 0.2) is 23.1 Å². The number of sulfonamides is 1. The van der Waals surface area contributed by atoms with Crippen molar-refractivity contribution in [3.05, 3.63) is 23.8 Å². The van der Waals surface area contributed by atoms with Crippen molar-refractivity contribution in [3.63, 3.8) is 0 Å². The van der Waals surface area contributed by atoms with Gasteiger partial charge in [-0.05, 0) is 43.5 Å². The quantitative estimate of drug-likeness (QED) is 0.847. The lowest BCUT2D eigenvalue weighted by atomic mass is 9.98. The molecule has 1 aromatic carbocycles. The van der Waals surface area contributed by atoms with Gasteiger partial charge >= 0.3 is 0 Å². The highest BCUT2D eigenvalue weighted by atomic mass is 32.2. The number of benzene rings is 1. The number of carbonyl (C=O) groups is 2. The van der Waals surface area contributed by atoms with Gasteiger partial charge in [0.25, 0.3) is 0 Å². The molecule has 1 aliphatic rings. The molecule has 0 aromatic heterocycles. The Bertz CT molecular complexity index is 722. The fourth-order valence-electron chi connectivity index (χ4n) is 2.66. The van der Waals surface area contributed by atoms with Crippen molar-refractivity contribution in [3.8, 4) is 0 Å². The minimum atomic E-state index is -3.61. The number of amides is 2. The standard InChI is InChI=1S/C15H21N3O4S/c1-10-9-13(3-4-14(10)17-11(2)19)23(21,22)18-7-5-12(6-8-18)15(16)20/h3-4,9,12H,5-8H2,1-2H3,(H2,16,20)(H,17,19). The molecule has 0 unspecified atom stereocenters. The van der Waals surface area contributed by atoms with E-state index in [4.69, 9.17) is 5.73 Å². The molecule has 126 valence electrons. The lowest BCUT2D eigenvalue weighted by Crippen LogP contribution is -2.41. The first-order valence-electron chi connectivity index (χ1n) is 7.39. The lowest BCUT2D eigenvalue weighted by molar-refractivity contribution is -0.122. The number of carbonyl (C=O) groups excluding carboxylic acids is 2. The Hall–Kier alpha value is -1.93. The molecule has 0 radical (unpaired) electrons. The highest BCUT2D eigenvalue weighted by Crippen LogP contribution is 2.26. The summed E-state index contributed by atoms with van der Waals surface area (Å²) in [7, 11) is -3.61. The van der Waals surface area contributed by atoms with Gasteiger partial charge in [-0.15, -0.1) is 0 Å². The molecule has 0 atom stereocenters. The van der Waals surface area contributed by atoms with Crippen LogP contribution in [0.1, 0.15) is 25.3 Å². The molecule has 0 aliphatic carbocycles. The molecule has 3 N–H and O–H groups in total. The second kappa shape index (κ2) is 6.67. The Kier molecular flexibility index (Phi) is 5.06. The zero-order valence-electron chi connectivity index (χ0n) is 13.2. The number of primary amides is 1. The van der Waals surface area contributed by atoms with Gasteiger partial charge in [0.1, 0.15) is 0 Å². The molecule has 1 aliphatic heterocycles. The number of nitrogens with zero attached hydrogens (tertiary/aromatic N) is 1. The van der Waals surface area contributed by atoms with Crippen LogP contribution in [0, 0.1) is 12.8 Å². The smallest absolute Gasteiger partial charge is 0.243 e. The molecule has 7 nitrogen and oxygen atoms in total. The predicted octanol–water partition coefficient (Wildman–Crippen LogP) is 0.839. The zero-order chi connectivity index (χ0) is 17.2. The molecule has 2 amide bonds. The molecule has 1 aromatic rings. The summed E-state index contributed by atoms with van der Waals surface area (Å²) < 4.78 is 26.7. The molecule has 0 bridgehead atoms. The third kappa shape index (κ3) is 3.89. The van der Waals surface area contributed by atoms with Gasteiger partial charge in [-0.3, -0.25) is 9.59 Å². The average Bonchev–Trinajstić information content (AvgIpc) is 2.49. The summed E-state index contributed by atoms with van der Waals surface area (Å²) >= 11 is 0. The summed E-state index contributed by atoms with van der Waals surface area (Å²) in [5.41, 5.74) is 6.53. The van der Waals surface area contributed by atoms with Crippen LogP contribution in [0.5, 0.6) is 0 Å². The summed E-state index contributed by atoms with van der Waals surface area (Å²) in [6.45, 7) is 3.70. The fourth-order valence-corrected chi connectivity index (χ4v) is 4.21. The number of piperidine rings is 1. The molecule has 0 spiro atoms. The number of rotatable bonds is 4. The monoisotopic (exact) mass is 339 g/mol. The minimum absolute atomic E-state index is 0.182. The van der Waals surface area contributed by atoms with Crippen molar-refractivity contribution in [2.24, 2.45) is 11.7 Å². The van der Waals surface area contributed by atoms with E-state index in [1.54, 1.807) is 19.1 Å². The fraction of sp³-hybridized carbons (Fsp3) is 0.467. The highest BCUT2D eigenvalue weighted by Gasteiger charge is 2.31. The summed E-state index contributed by atoms with van der Waals surface area (Å²) in [6, 6.07) is 4.61. The van der Waals surface area contributed by atoms with Crippen molar-refractivity contribution in [2.75, 3.05) is 18.4 Å².